The number of carbonyl (C=O) groups excluding carboxylic acids is 1. The van der Waals surface area contributed by atoms with Crippen LogP contribution in [0.15, 0.2) is 12.1 Å². The van der Waals surface area contributed by atoms with Crippen LogP contribution in [0.5, 0.6) is 0 Å². The van der Waals surface area contributed by atoms with Crippen LogP contribution in [0.1, 0.15) is 23.2 Å². The summed E-state index contributed by atoms with van der Waals surface area (Å²) >= 11 is 1.86. The highest BCUT2D eigenvalue weighted by Gasteiger charge is 2.24. The highest BCUT2D eigenvalue weighted by atomic mass is 127. The van der Waals surface area contributed by atoms with Crippen molar-refractivity contribution in [3.8, 4) is 0 Å². The van der Waals surface area contributed by atoms with Crippen LogP contribution < -0.4 is 5.32 Å². The van der Waals surface area contributed by atoms with Gasteiger partial charge in [0.05, 0.1) is 5.56 Å². The van der Waals surface area contributed by atoms with E-state index in [1.165, 1.54) is 0 Å². The van der Waals surface area contributed by atoms with E-state index in [0.717, 1.165) is 25.0 Å². The normalized spacial score (nSPS) is 16.7. The molecule has 0 aliphatic carbocycles. The van der Waals surface area contributed by atoms with E-state index in [1.54, 1.807) is 4.90 Å². The smallest absolute Gasteiger partial charge is 0.255 e. The van der Waals surface area contributed by atoms with Crippen molar-refractivity contribution in [2.45, 2.75) is 18.9 Å². The van der Waals surface area contributed by atoms with Gasteiger partial charge in [-0.3, -0.25) is 4.79 Å². The number of amides is 1. The Balaban J connectivity index is 2.14. The summed E-state index contributed by atoms with van der Waals surface area (Å²) in [5, 5.41) is 3.18. The Morgan fingerprint density at radius 1 is 1.32 bits per heavy atom. The Morgan fingerprint density at radius 3 is 2.47 bits per heavy atom. The van der Waals surface area contributed by atoms with Crippen molar-refractivity contribution in [1.82, 2.24) is 10.2 Å². The van der Waals surface area contributed by atoms with Gasteiger partial charge in [-0.1, -0.05) is 0 Å². The first kappa shape index (κ1) is 14.6. The number of hydrogen-bond acceptors (Lipinski definition) is 2. The lowest BCUT2D eigenvalue weighted by molar-refractivity contribution is 0.0705. The SMILES string of the molecule is CNC1CCN(C(=O)c2cc(F)c(F)cc2I)CC1. The number of benzene rings is 1. The Bertz CT molecular complexity index is 488. The third kappa shape index (κ3) is 3.22. The van der Waals surface area contributed by atoms with Crippen molar-refractivity contribution in [3.05, 3.63) is 32.9 Å². The molecule has 1 N–H and O–H groups in total. The second kappa shape index (κ2) is 6.13. The minimum atomic E-state index is -0.978. The second-order valence-electron chi connectivity index (χ2n) is 4.60. The van der Waals surface area contributed by atoms with Crippen LogP contribution in [-0.2, 0) is 0 Å². The van der Waals surface area contributed by atoms with E-state index >= 15 is 0 Å². The number of piperidine rings is 1. The molecule has 1 aliphatic heterocycles. The maximum Gasteiger partial charge on any atom is 0.255 e. The first-order valence-corrected chi connectivity index (χ1v) is 7.22. The molecule has 19 heavy (non-hydrogen) atoms. The summed E-state index contributed by atoms with van der Waals surface area (Å²) < 4.78 is 26.7. The summed E-state index contributed by atoms with van der Waals surface area (Å²) in [6.45, 7) is 1.28. The summed E-state index contributed by atoms with van der Waals surface area (Å²) in [7, 11) is 1.90. The van der Waals surface area contributed by atoms with E-state index in [0.29, 0.717) is 22.7 Å². The van der Waals surface area contributed by atoms with Crippen molar-refractivity contribution < 1.29 is 13.6 Å². The van der Waals surface area contributed by atoms with Gasteiger partial charge in [0.15, 0.2) is 11.6 Å². The summed E-state index contributed by atoms with van der Waals surface area (Å²) in [6.07, 6.45) is 1.75. The first-order valence-electron chi connectivity index (χ1n) is 6.14. The zero-order valence-corrected chi connectivity index (χ0v) is 12.7. The van der Waals surface area contributed by atoms with Gasteiger partial charge in [-0.2, -0.15) is 0 Å². The van der Waals surface area contributed by atoms with Gasteiger partial charge in [0.2, 0.25) is 0 Å². The van der Waals surface area contributed by atoms with E-state index in [2.05, 4.69) is 5.32 Å². The van der Waals surface area contributed by atoms with Crippen molar-refractivity contribution in [3.63, 3.8) is 0 Å². The molecule has 1 aromatic rings. The average Bonchev–Trinajstić information content (AvgIpc) is 2.42. The molecule has 1 amide bonds. The Labute approximate surface area is 124 Å². The molecule has 104 valence electrons. The van der Waals surface area contributed by atoms with E-state index in [1.807, 2.05) is 29.6 Å². The molecular formula is C13H15F2IN2O. The van der Waals surface area contributed by atoms with Crippen LogP contribution in [0.3, 0.4) is 0 Å². The lowest BCUT2D eigenvalue weighted by Crippen LogP contribution is -2.44. The van der Waals surface area contributed by atoms with Gasteiger partial charge in [0.1, 0.15) is 0 Å². The van der Waals surface area contributed by atoms with Crippen LogP contribution in [0.4, 0.5) is 8.78 Å². The molecule has 1 fully saturated rings. The molecule has 3 nitrogen and oxygen atoms in total. The van der Waals surface area contributed by atoms with Gasteiger partial charge in [-0.25, -0.2) is 8.78 Å². The van der Waals surface area contributed by atoms with E-state index in [4.69, 9.17) is 0 Å². The molecule has 0 saturated carbocycles. The Morgan fingerprint density at radius 2 is 1.89 bits per heavy atom. The molecule has 0 atom stereocenters. The summed E-state index contributed by atoms with van der Waals surface area (Å²) in [5.41, 5.74) is 0.238. The van der Waals surface area contributed by atoms with Gasteiger partial charge < -0.3 is 10.2 Å². The average molecular weight is 380 g/mol. The van der Waals surface area contributed by atoms with Crippen molar-refractivity contribution in [2.24, 2.45) is 0 Å². The zero-order chi connectivity index (χ0) is 14.0. The van der Waals surface area contributed by atoms with Crippen molar-refractivity contribution in [1.29, 1.82) is 0 Å². The maximum absolute atomic E-state index is 13.2. The third-order valence-corrected chi connectivity index (χ3v) is 4.32. The number of nitrogens with zero attached hydrogens (tertiary/aromatic N) is 1. The minimum Gasteiger partial charge on any atom is -0.338 e. The lowest BCUT2D eigenvalue weighted by Gasteiger charge is -2.32. The molecule has 1 aliphatic rings. The Hall–Kier alpha value is -0.760. The minimum absolute atomic E-state index is 0.224. The number of nitrogens with one attached hydrogen (secondary N) is 1. The number of carbonyl (C=O) groups is 1. The van der Waals surface area contributed by atoms with Crippen LogP contribution in [-0.4, -0.2) is 37.0 Å². The molecule has 2 rings (SSSR count). The van der Waals surface area contributed by atoms with E-state index in [9.17, 15) is 13.6 Å². The summed E-state index contributed by atoms with van der Waals surface area (Å²) in [6, 6.07) is 2.47. The summed E-state index contributed by atoms with van der Waals surface area (Å²) in [5.74, 6) is -2.12. The van der Waals surface area contributed by atoms with E-state index < -0.39 is 11.6 Å². The maximum atomic E-state index is 13.2. The first-order chi connectivity index (χ1) is 9.02. The summed E-state index contributed by atoms with van der Waals surface area (Å²) in [4.78, 5) is 14.0. The molecule has 0 unspecified atom stereocenters. The molecule has 1 aromatic carbocycles. The van der Waals surface area contributed by atoms with Gasteiger partial charge in [0.25, 0.3) is 5.91 Å². The van der Waals surface area contributed by atoms with Crippen molar-refractivity contribution >= 4 is 28.5 Å². The number of halogens is 3. The lowest BCUT2D eigenvalue weighted by atomic mass is 10.0. The monoisotopic (exact) mass is 380 g/mol. The predicted molar refractivity (Wildman–Crippen MR) is 77.1 cm³/mol. The van der Waals surface area contributed by atoms with E-state index in [-0.39, 0.29) is 11.5 Å². The molecule has 0 spiro atoms. The van der Waals surface area contributed by atoms with Crippen LogP contribution in [0.2, 0.25) is 0 Å². The van der Waals surface area contributed by atoms with Gasteiger partial charge in [-0.15, -0.1) is 0 Å². The molecule has 1 heterocycles. The fourth-order valence-corrected chi connectivity index (χ4v) is 2.89. The van der Waals surface area contributed by atoms with Gasteiger partial charge >= 0.3 is 0 Å². The van der Waals surface area contributed by atoms with Crippen LogP contribution >= 0.6 is 22.6 Å². The topological polar surface area (TPSA) is 32.3 Å². The van der Waals surface area contributed by atoms with Crippen molar-refractivity contribution in [2.75, 3.05) is 20.1 Å². The zero-order valence-electron chi connectivity index (χ0n) is 10.5. The van der Waals surface area contributed by atoms with Gasteiger partial charge in [0, 0.05) is 22.7 Å². The second-order valence-corrected chi connectivity index (χ2v) is 5.76. The predicted octanol–water partition coefficient (Wildman–Crippen LogP) is 2.39. The number of hydrogen-bond donors (Lipinski definition) is 1. The highest BCUT2D eigenvalue weighted by Crippen LogP contribution is 2.21. The third-order valence-electron chi connectivity index (χ3n) is 3.43. The molecule has 0 aromatic heterocycles. The number of rotatable bonds is 2. The van der Waals surface area contributed by atoms with Crippen LogP contribution in [0, 0.1) is 15.2 Å². The molecule has 6 heteroatoms. The standard InChI is InChI=1S/C13H15F2IN2O/c1-17-8-2-4-18(5-3-8)13(19)9-6-10(14)11(15)7-12(9)16/h6-8,17H,2-5H2,1H3. The molecule has 0 bridgehead atoms. The highest BCUT2D eigenvalue weighted by molar-refractivity contribution is 14.1. The van der Waals surface area contributed by atoms with Gasteiger partial charge in [-0.05, 0) is 54.6 Å². The van der Waals surface area contributed by atoms with Crippen LogP contribution in [0.25, 0.3) is 0 Å². The molecular weight excluding hydrogens is 365 g/mol. The quantitative estimate of drug-likeness (QED) is 0.632. The number of likely N-dealkylation sites (tertiary alicyclic amines) is 1. The Kier molecular flexibility index (Phi) is 4.72. The fraction of sp³-hybridized carbons (Fsp3) is 0.462. The fourth-order valence-electron chi connectivity index (χ4n) is 2.23. The molecule has 0 radical (unpaired) electrons. The largest absolute Gasteiger partial charge is 0.338 e. The molecule has 1 saturated heterocycles.